The Bertz CT molecular complexity index is 277. The molecule has 0 bridgehead atoms. The van der Waals surface area contributed by atoms with Gasteiger partial charge in [-0.05, 0) is 30.9 Å². The maximum atomic E-state index is 12.4. The average Bonchev–Trinajstić information content (AvgIpc) is 2.85. The zero-order valence-electron chi connectivity index (χ0n) is 11.1. The van der Waals surface area contributed by atoms with Gasteiger partial charge in [-0.1, -0.05) is 20.8 Å². The molecule has 0 saturated carbocycles. The van der Waals surface area contributed by atoms with Gasteiger partial charge in [-0.2, -0.15) is 11.8 Å². The number of rotatable bonds is 4. The summed E-state index contributed by atoms with van der Waals surface area (Å²) in [5.74, 6) is 3.30. The van der Waals surface area contributed by atoms with E-state index >= 15 is 0 Å². The monoisotopic (exact) mass is 256 g/mol. The second-order valence-electron chi connectivity index (χ2n) is 5.54. The van der Waals surface area contributed by atoms with Crippen molar-refractivity contribution in [3.63, 3.8) is 0 Å². The van der Waals surface area contributed by atoms with Gasteiger partial charge in [-0.25, -0.2) is 0 Å². The summed E-state index contributed by atoms with van der Waals surface area (Å²) in [6.07, 6.45) is 3.42. The smallest absolute Gasteiger partial charge is 0.241 e. The van der Waals surface area contributed by atoms with Crippen LogP contribution in [0.25, 0.3) is 0 Å². The average molecular weight is 256 g/mol. The molecule has 2 aliphatic heterocycles. The Labute approximate surface area is 109 Å². The highest BCUT2D eigenvalue weighted by Crippen LogP contribution is 2.29. The van der Waals surface area contributed by atoms with Crippen LogP contribution < -0.4 is 5.32 Å². The Morgan fingerprint density at radius 1 is 1.53 bits per heavy atom. The van der Waals surface area contributed by atoms with Gasteiger partial charge in [0.15, 0.2) is 0 Å². The maximum absolute atomic E-state index is 12.4. The standard InChI is InChI=1S/C13H24N2OS/c1-4-11-13(16)15(10-5-6-17-8-10)12(14-11)7-9(2)3/h9-12,14H,4-8H2,1-3H3. The first kappa shape index (κ1) is 13.2. The van der Waals surface area contributed by atoms with Gasteiger partial charge in [0.25, 0.3) is 0 Å². The molecule has 17 heavy (non-hydrogen) atoms. The van der Waals surface area contributed by atoms with Crippen LogP contribution in [-0.4, -0.2) is 40.6 Å². The summed E-state index contributed by atoms with van der Waals surface area (Å²) in [5.41, 5.74) is 0. The number of thioether (sulfide) groups is 1. The first-order chi connectivity index (χ1) is 8.13. The summed E-state index contributed by atoms with van der Waals surface area (Å²) < 4.78 is 0. The lowest BCUT2D eigenvalue weighted by Gasteiger charge is -2.30. The van der Waals surface area contributed by atoms with Crippen LogP contribution in [0, 0.1) is 5.92 Å². The van der Waals surface area contributed by atoms with Gasteiger partial charge in [0.05, 0.1) is 12.2 Å². The van der Waals surface area contributed by atoms with E-state index in [1.165, 1.54) is 12.2 Å². The van der Waals surface area contributed by atoms with Gasteiger partial charge < -0.3 is 4.90 Å². The van der Waals surface area contributed by atoms with Crippen LogP contribution in [0.5, 0.6) is 0 Å². The van der Waals surface area contributed by atoms with E-state index < -0.39 is 0 Å². The Morgan fingerprint density at radius 3 is 2.82 bits per heavy atom. The Balaban J connectivity index is 2.09. The van der Waals surface area contributed by atoms with E-state index in [1.807, 2.05) is 11.8 Å². The van der Waals surface area contributed by atoms with E-state index in [0.717, 1.165) is 18.6 Å². The number of hydrogen-bond acceptors (Lipinski definition) is 3. The zero-order chi connectivity index (χ0) is 12.4. The topological polar surface area (TPSA) is 32.3 Å². The van der Waals surface area contributed by atoms with Crippen molar-refractivity contribution < 1.29 is 4.79 Å². The van der Waals surface area contributed by atoms with E-state index in [2.05, 4.69) is 31.0 Å². The van der Waals surface area contributed by atoms with Crippen LogP contribution in [0.15, 0.2) is 0 Å². The molecule has 1 amide bonds. The fourth-order valence-corrected chi connectivity index (χ4v) is 4.02. The Kier molecular flexibility index (Phi) is 4.36. The number of hydrogen-bond donors (Lipinski definition) is 1. The first-order valence-electron chi connectivity index (χ1n) is 6.79. The van der Waals surface area contributed by atoms with Crippen LogP contribution in [0.4, 0.5) is 0 Å². The minimum atomic E-state index is 0.0596. The van der Waals surface area contributed by atoms with Gasteiger partial charge in [0.1, 0.15) is 0 Å². The van der Waals surface area contributed by atoms with Crippen LogP contribution in [0.3, 0.4) is 0 Å². The minimum absolute atomic E-state index is 0.0596. The molecule has 0 aromatic heterocycles. The quantitative estimate of drug-likeness (QED) is 0.836. The highest BCUT2D eigenvalue weighted by molar-refractivity contribution is 7.99. The lowest BCUT2D eigenvalue weighted by Crippen LogP contribution is -2.45. The molecule has 0 spiro atoms. The third-order valence-electron chi connectivity index (χ3n) is 3.68. The molecule has 2 heterocycles. The van der Waals surface area contributed by atoms with Gasteiger partial charge in [0, 0.05) is 11.8 Å². The zero-order valence-corrected chi connectivity index (χ0v) is 11.9. The van der Waals surface area contributed by atoms with Crippen LogP contribution in [0.2, 0.25) is 0 Å². The largest absolute Gasteiger partial charge is 0.322 e. The number of nitrogens with one attached hydrogen (secondary N) is 1. The van der Waals surface area contributed by atoms with Crippen molar-refractivity contribution in [2.75, 3.05) is 11.5 Å². The molecule has 2 fully saturated rings. The molecule has 4 heteroatoms. The molecule has 3 nitrogen and oxygen atoms in total. The molecule has 1 N–H and O–H groups in total. The molecule has 0 aromatic rings. The molecular weight excluding hydrogens is 232 g/mol. The third-order valence-corrected chi connectivity index (χ3v) is 4.83. The number of carbonyl (C=O) groups excluding carboxylic acids is 1. The van der Waals surface area contributed by atoms with Crippen molar-refractivity contribution in [1.29, 1.82) is 0 Å². The van der Waals surface area contributed by atoms with Gasteiger partial charge in [-0.3, -0.25) is 10.1 Å². The fourth-order valence-electron chi connectivity index (χ4n) is 2.81. The van der Waals surface area contributed by atoms with Crippen LogP contribution >= 0.6 is 11.8 Å². The van der Waals surface area contributed by atoms with Crippen molar-refractivity contribution in [2.45, 2.75) is 58.3 Å². The second kappa shape index (κ2) is 5.61. The minimum Gasteiger partial charge on any atom is -0.322 e. The van der Waals surface area contributed by atoms with Crippen LogP contribution in [0.1, 0.15) is 40.0 Å². The lowest BCUT2D eigenvalue weighted by atomic mass is 10.1. The summed E-state index contributed by atoms with van der Waals surface area (Å²) in [6, 6.07) is 0.532. The molecule has 0 aromatic carbocycles. The molecule has 98 valence electrons. The molecule has 0 radical (unpaired) electrons. The summed E-state index contributed by atoms with van der Waals surface area (Å²) in [5, 5.41) is 3.52. The predicted molar refractivity (Wildman–Crippen MR) is 73.0 cm³/mol. The Morgan fingerprint density at radius 2 is 2.29 bits per heavy atom. The van der Waals surface area contributed by atoms with Crippen molar-refractivity contribution in [3.05, 3.63) is 0 Å². The van der Waals surface area contributed by atoms with Crippen molar-refractivity contribution in [2.24, 2.45) is 5.92 Å². The molecule has 3 atom stereocenters. The van der Waals surface area contributed by atoms with E-state index in [1.54, 1.807) is 0 Å². The molecule has 2 aliphatic rings. The van der Waals surface area contributed by atoms with E-state index in [4.69, 9.17) is 0 Å². The van der Waals surface area contributed by atoms with E-state index in [0.29, 0.717) is 17.9 Å². The maximum Gasteiger partial charge on any atom is 0.241 e. The van der Waals surface area contributed by atoms with Gasteiger partial charge in [0.2, 0.25) is 5.91 Å². The fraction of sp³-hybridized carbons (Fsp3) is 0.923. The number of carbonyl (C=O) groups is 1. The molecular formula is C13H24N2OS. The van der Waals surface area contributed by atoms with E-state index in [9.17, 15) is 4.79 Å². The Hall–Kier alpha value is -0.220. The van der Waals surface area contributed by atoms with Gasteiger partial charge >= 0.3 is 0 Å². The van der Waals surface area contributed by atoms with Crippen molar-refractivity contribution in [1.82, 2.24) is 10.2 Å². The second-order valence-corrected chi connectivity index (χ2v) is 6.69. The molecule has 0 aliphatic carbocycles. The summed E-state index contributed by atoms with van der Waals surface area (Å²) in [4.78, 5) is 14.5. The highest BCUT2D eigenvalue weighted by Gasteiger charge is 2.42. The van der Waals surface area contributed by atoms with Crippen molar-refractivity contribution >= 4 is 17.7 Å². The van der Waals surface area contributed by atoms with Crippen molar-refractivity contribution in [3.8, 4) is 0 Å². The van der Waals surface area contributed by atoms with Crippen LogP contribution in [-0.2, 0) is 4.79 Å². The summed E-state index contributed by atoms with van der Waals surface area (Å²) in [7, 11) is 0. The number of amides is 1. The lowest BCUT2D eigenvalue weighted by molar-refractivity contribution is -0.132. The summed E-state index contributed by atoms with van der Waals surface area (Å²) >= 11 is 1.98. The third kappa shape index (κ3) is 2.79. The molecule has 3 unspecified atom stereocenters. The normalized spacial score (nSPS) is 34.0. The predicted octanol–water partition coefficient (Wildman–Crippen LogP) is 2.07. The summed E-state index contributed by atoms with van der Waals surface area (Å²) in [6.45, 7) is 6.55. The molecule has 2 saturated heterocycles. The number of nitrogens with zero attached hydrogens (tertiary/aromatic N) is 1. The van der Waals surface area contributed by atoms with E-state index in [-0.39, 0.29) is 12.2 Å². The molecule has 2 rings (SSSR count). The van der Waals surface area contributed by atoms with Gasteiger partial charge in [-0.15, -0.1) is 0 Å². The SMILES string of the molecule is CCC1NC(CC(C)C)N(C2CCSC2)C1=O. The highest BCUT2D eigenvalue weighted by atomic mass is 32.2. The first-order valence-corrected chi connectivity index (χ1v) is 7.95.